The van der Waals surface area contributed by atoms with Crippen molar-refractivity contribution in [3.05, 3.63) is 22.3 Å². The summed E-state index contributed by atoms with van der Waals surface area (Å²) in [6.45, 7) is 12.3. The first-order valence-corrected chi connectivity index (χ1v) is 10.8. The molecule has 0 amide bonds. The van der Waals surface area contributed by atoms with Crippen molar-refractivity contribution < 1.29 is 0 Å². The van der Waals surface area contributed by atoms with Crippen LogP contribution in [-0.2, 0) is 0 Å². The first kappa shape index (κ1) is 23.4. The van der Waals surface area contributed by atoms with E-state index >= 15 is 0 Å². The van der Waals surface area contributed by atoms with Crippen molar-refractivity contribution >= 4 is 0 Å². The highest BCUT2D eigenvalue weighted by atomic mass is 14.5. The molecule has 1 nitrogen and oxygen atoms in total. The minimum Gasteiger partial charge on any atom is -0.330 e. The predicted molar refractivity (Wildman–Crippen MR) is 111 cm³/mol. The molecule has 0 radical (unpaired) electrons. The Labute approximate surface area is 153 Å². The van der Waals surface area contributed by atoms with E-state index in [0.717, 1.165) is 6.54 Å². The van der Waals surface area contributed by atoms with Crippen molar-refractivity contribution in [3.63, 3.8) is 0 Å². The summed E-state index contributed by atoms with van der Waals surface area (Å²) in [5.74, 6) is 0. The van der Waals surface area contributed by atoms with Crippen LogP contribution in [0.25, 0.3) is 0 Å². The zero-order valence-corrected chi connectivity index (χ0v) is 17.5. The summed E-state index contributed by atoms with van der Waals surface area (Å²) in [6, 6.07) is 0. The summed E-state index contributed by atoms with van der Waals surface area (Å²) in [5, 5.41) is 0. The fraction of sp³-hybridized carbons (Fsp3) is 0.826. The monoisotopic (exact) mass is 335 g/mol. The highest BCUT2D eigenvalue weighted by molar-refractivity contribution is 5.47. The Balaban J connectivity index is 0.000000922. The van der Waals surface area contributed by atoms with Gasteiger partial charge in [-0.1, -0.05) is 77.9 Å². The molecule has 1 heteroatoms. The van der Waals surface area contributed by atoms with E-state index in [1.165, 1.54) is 83.5 Å². The number of nitrogens with two attached hydrogens (primary N) is 1. The average molecular weight is 336 g/mol. The van der Waals surface area contributed by atoms with Gasteiger partial charge in [0.1, 0.15) is 0 Å². The first-order chi connectivity index (χ1) is 11.7. The molecule has 0 atom stereocenters. The molecule has 1 aliphatic carbocycles. The van der Waals surface area contributed by atoms with Gasteiger partial charge in [-0.3, -0.25) is 0 Å². The molecular weight excluding hydrogens is 290 g/mol. The van der Waals surface area contributed by atoms with E-state index in [2.05, 4.69) is 34.6 Å². The molecule has 1 aliphatic rings. The van der Waals surface area contributed by atoms with Crippen molar-refractivity contribution in [1.29, 1.82) is 0 Å². The van der Waals surface area contributed by atoms with Crippen LogP contribution in [-0.4, -0.2) is 6.54 Å². The Morgan fingerprint density at radius 3 is 1.62 bits per heavy atom. The van der Waals surface area contributed by atoms with Crippen LogP contribution in [0.1, 0.15) is 118 Å². The highest BCUT2D eigenvalue weighted by Crippen LogP contribution is 2.40. The average Bonchev–Trinajstić information content (AvgIpc) is 2.93. The lowest BCUT2D eigenvalue weighted by Gasteiger charge is -2.11. The Kier molecular flexibility index (Phi) is 15.6. The second-order valence-electron chi connectivity index (χ2n) is 7.10. The molecule has 0 aliphatic heterocycles. The molecule has 0 aromatic carbocycles. The standard InChI is InChI=1S/C19H34.C4H11N/c1-5-9-11-13-17-15-16(7-3)18(8-4)19(17)14-12-10-6-2;1-2-3-4-5/h5-15H2,1-4H3;2-5H2,1H3. The maximum Gasteiger partial charge on any atom is -0.00774 e. The van der Waals surface area contributed by atoms with Gasteiger partial charge < -0.3 is 5.73 Å². The van der Waals surface area contributed by atoms with Gasteiger partial charge in [-0.2, -0.15) is 0 Å². The predicted octanol–water partition coefficient (Wildman–Crippen LogP) is 7.71. The van der Waals surface area contributed by atoms with E-state index in [-0.39, 0.29) is 0 Å². The van der Waals surface area contributed by atoms with Gasteiger partial charge >= 0.3 is 0 Å². The van der Waals surface area contributed by atoms with Crippen LogP contribution >= 0.6 is 0 Å². The largest absolute Gasteiger partial charge is 0.330 e. The lowest BCUT2D eigenvalue weighted by molar-refractivity contribution is 0.686. The molecule has 0 fully saturated rings. The van der Waals surface area contributed by atoms with Crippen molar-refractivity contribution in [2.24, 2.45) is 5.73 Å². The van der Waals surface area contributed by atoms with Crippen LogP contribution in [0.5, 0.6) is 0 Å². The summed E-state index contributed by atoms with van der Waals surface area (Å²) >= 11 is 0. The number of unbranched alkanes of at least 4 members (excludes halogenated alkanes) is 5. The number of hydrogen-bond acceptors (Lipinski definition) is 1. The molecule has 2 N–H and O–H groups in total. The van der Waals surface area contributed by atoms with Gasteiger partial charge in [0.25, 0.3) is 0 Å². The molecule has 0 aromatic heterocycles. The third-order valence-corrected chi connectivity index (χ3v) is 5.10. The highest BCUT2D eigenvalue weighted by Gasteiger charge is 2.21. The van der Waals surface area contributed by atoms with Gasteiger partial charge in [-0.25, -0.2) is 0 Å². The van der Waals surface area contributed by atoms with Gasteiger partial charge in [0.05, 0.1) is 0 Å². The number of rotatable bonds is 12. The Morgan fingerprint density at radius 2 is 1.21 bits per heavy atom. The third kappa shape index (κ3) is 9.06. The molecule has 24 heavy (non-hydrogen) atoms. The lowest BCUT2D eigenvalue weighted by atomic mass is 9.95. The summed E-state index contributed by atoms with van der Waals surface area (Å²) < 4.78 is 0. The van der Waals surface area contributed by atoms with E-state index < -0.39 is 0 Å². The van der Waals surface area contributed by atoms with Crippen molar-refractivity contribution in [1.82, 2.24) is 0 Å². The summed E-state index contributed by atoms with van der Waals surface area (Å²) in [4.78, 5) is 0. The molecule has 0 unspecified atom stereocenters. The van der Waals surface area contributed by atoms with Gasteiger partial charge in [0, 0.05) is 0 Å². The Hall–Kier alpha value is -0.560. The molecule has 0 saturated carbocycles. The van der Waals surface area contributed by atoms with E-state index in [9.17, 15) is 0 Å². The molecule has 0 saturated heterocycles. The fourth-order valence-electron chi connectivity index (χ4n) is 3.61. The van der Waals surface area contributed by atoms with Crippen LogP contribution in [0.2, 0.25) is 0 Å². The van der Waals surface area contributed by atoms with Gasteiger partial charge in [-0.05, 0) is 69.1 Å². The van der Waals surface area contributed by atoms with E-state index in [1.54, 1.807) is 22.3 Å². The molecule has 0 aromatic rings. The molecule has 0 spiro atoms. The smallest absolute Gasteiger partial charge is 0.00774 e. The zero-order valence-electron chi connectivity index (χ0n) is 17.5. The normalized spacial score (nSPS) is 14.2. The number of allylic oxidation sites excluding steroid dienone is 4. The number of hydrogen-bond donors (Lipinski definition) is 1. The summed E-state index contributed by atoms with van der Waals surface area (Å²) in [6.07, 6.45) is 17.2. The van der Waals surface area contributed by atoms with Crippen LogP contribution < -0.4 is 5.73 Å². The Bertz CT molecular complexity index is 360. The van der Waals surface area contributed by atoms with Crippen LogP contribution in [0.3, 0.4) is 0 Å². The second kappa shape index (κ2) is 15.9. The van der Waals surface area contributed by atoms with E-state index in [1.807, 2.05) is 0 Å². The SMILES string of the molecule is CCCCCC1=C(CCCCC)C(CC)=C(CC)C1.CCCCN. The minimum atomic E-state index is 0.844. The summed E-state index contributed by atoms with van der Waals surface area (Å²) in [7, 11) is 0. The first-order valence-electron chi connectivity index (χ1n) is 10.8. The molecule has 0 heterocycles. The second-order valence-corrected chi connectivity index (χ2v) is 7.10. The van der Waals surface area contributed by atoms with Crippen LogP contribution in [0.15, 0.2) is 22.3 Å². The lowest BCUT2D eigenvalue weighted by Crippen LogP contribution is -1.95. The molecule has 142 valence electrons. The van der Waals surface area contributed by atoms with E-state index in [0.29, 0.717) is 0 Å². The third-order valence-electron chi connectivity index (χ3n) is 5.10. The topological polar surface area (TPSA) is 26.0 Å². The fourth-order valence-corrected chi connectivity index (χ4v) is 3.61. The van der Waals surface area contributed by atoms with Crippen molar-refractivity contribution in [2.45, 2.75) is 118 Å². The van der Waals surface area contributed by atoms with Gasteiger partial charge in [-0.15, -0.1) is 0 Å². The van der Waals surface area contributed by atoms with Gasteiger partial charge in [0.2, 0.25) is 0 Å². The van der Waals surface area contributed by atoms with Crippen molar-refractivity contribution in [3.8, 4) is 0 Å². The van der Waals surface area contributed by atoms with Crippen LogP contribution in [0.4, 0.5) is 0 Å². The van der Waals surface area contributed by atoms with E-state index in [4.69, 9.17) is 5.73 Å². The van der Waals surface area contributed by atoms with Crippen molar-refractivity contribution in [2.75, 3.05) is 6.54 Å². The molecule has 0 bridgehead atoms. The summed E-state index contributed by atoms with van der Waals surface area (Å²) in [5.41, 5.74) is 12.2. The maximum absolute atomic E-state index is 5.14. The quantitative estimate of drug-likeness (QED) is 0.363. The molecule has 1 rings (SSSR count). The maximum atomic E-state index is 5.14. The van der Waals surface area contributed by atoms with Crippen LogP contribution in [0, 0.1) is 0 Å². The Morgan fingerprint density at radius 1 is 0.625 bits per heavy atom. The zero-order chi connectivity index (χ0) is 18.2. The minimum absolute atomic E-state index is 0.844. The van der Waals surface area contributed by atoms with Gasteiger partial charge in [0.15, 0.2) is 0 Å². The molecular formula is C23H45N.